The number of nitrogens with one attached hydrogen (secondary N) is 1. The third-order valence-electron chi connectivity index (χ3n) is 3.60. The molecule has 0 unspecified atom stereocenters. The fourth-order valence-electron chi connectivity index (χ4n) is 2.48. The number of ether oxygens (including phenoxy) is 1. The Morgan fingerprint density at radius 1 is 1.09 bits per heavy atom. The van der Waals surface area contributed by atoms with Crippen LogP contribution in [0.3, 0.4) is 0 Å². The Labute approximate surface area is 145 Å². The fourth-order valence-corrected chi connectivity index (χ4v) is 2.90. The van der Waals surface area contributed by atoms with Crippen LogP contribution in [0.2, 0.25) is 10.2 Å². The van der Waals surface area contributed by atoms with Gasteiger partial charge in [-0.1, -0.05) is 35.3 Å². The van der Waals surface area contributed by atoms with Crippen molar-refractivity contribution in [3.05, 3.63) is 64.3 Å². The molecule has 0 spiro atoms. The van der Waals surface area contributed by atoms with E-state index in [-0.39, 0.29) is 0 Å². The number of hydrogen-bond donors (Lipinski definition) is 1. The lowest BCUT2D eigenvalue weighted by Crippen LogP contribution is -2.07. The SMILES string of the molecule is COc1ccc2c(NCCc3cccc(Cl)c3)nc(Cl)cc2c1. The van der Waals surface area contributed by atoms with Gasteiger partial charge in [0.1, 0.15) is 16.7 Å². The summed E-state index contributed by atoms with van der Waals surface area (Å²) < 4.78 is 5.26. The minimum Gasteiger partial charge on any atom is -0.497 e. The van der Waals surface area contributed by atoms with Gasteiger partial charge in [0.2, 0.25) is 0 Å². The predicted molar refractivity (Wildman–Crippen MR) is 97.0 cm³/mol. The first-order valence-corrected chi connectivity index (χ1v) is 8.04. The number of nitrogens with zero attached hydrogens (tertiary/aromatic N) is 1. The maximum Gasteiger partial charge on any atom is 0.135 e. The standard InChI is InChI=1S/C18H16Cl2N2O/c1-23-15-5-6-16-13(10-15)11-17(20)22-18(16)21-8-7-12-3-2-4-14(19)9-12/h2-6,9-11H,7-8H2,1H3,(H,21,22). The lowest BCUT2D eigenvalue weighted by atomic mass is 10.1. The van der Waals surface area contributed by atoms with E-state index < -0.39 is 0 Å². The number of rotatable bonds is 5. The van der Waals surface area contributed by atoms with Gasteiger partial charge < -0.3 is 10.1 Å². The summed E-state index contributed by atoms with van der Waals surface area (Å²) in [5.74, 6) is 1.57. The molecular weight excluding hydrogens is 331 g/mol. The summed E-state index contributed by atoms with van der Waals surface area (Å²) in [5.41, 5.74) is 1.18. The molecule has 0 amide bonds. The molecule has 5 heteroatoms. The summed E-state index contributed by atoms with van der Waals surface area (Å²) >= 11 is 12.1. The molecular formula is C18H16Cl2N2O. The molecule has 0 saturated heterocycles. The molecule has 3 aromatic rings. The Bertz CT molecular complexity index is 836. The van der Waals surface area contributed by atoms with Crippen LogP contribution < -0.4 is 10.1 Å². The molecule has 0 aliphatic heterocycles. The van der Waals surface area contributed by atoms with Crippen LogP contribution >= 0.6 is 23.2 Å². The molecule has 118 valence electrons. The average molecular weight is 347 g/mol. The van der Waals surface area contributed by atoms with Gasteiger partial charge in [0.15, 0.2) is 0 Å². The van der Waals surface area contributed by atoms with Crippen molar-refractivity contribution in [2.45, 2.75) is 6.42 Å². The highest BCUT2D eigenvalue weighted by atomic mass is 35.5. The van der Waals surface area contributed by atoms with E-state index in [2.05, 4.69) is 16.4 Å². The number of benzene rings is 2. The molecule has 1 aromatic heterocycles. The first kappa shape index (κ1) is 15.9. The van der Waals surface area contributed by atoms with Gasteiger partial charge in [-0.25, -0.2) is 4.98 Å². The van der Waals surface area contributed by atoms with Gasteiger partial charge in [-0.05, 0) is 53.8 Å². The molecule has 3 nitrogen and oxygen atoms in total. The molecule has 0 aliphatic rings. The maximum atomic E-state index is 6.13. The van der Waals surface area contributed by atoms with E-state index in [9.17, 15) is 0 Å². The van der Waals surface area contributed by atoms with Crippen molar-refractivity contribution in [3.63, 3.8) is 0 Å². The smallest absolute Gasteiger partial charge is 0.135 e. The van der Waals surface area contributed by atoms with Crippen LogP contribution in [0.15, 0.2) is 48.5 Å². The van der Waals surface area contributed by atoms with E-state index in [1.807, 2.05) is 42.5 Å². The second-order valence-corrected chi connectivity index (χ2v) is 6.01. The first-order chi connectivity index (χ1) is 11.2. The normalized spacial score (nSPS) is 10.7. The van der Waals surface area contributed by atoms with E-state index in [0.29, 0.717) is 5.15 Å². The van der Waals surface area contributed by atoms with Gasteiger partial charge >= 0.3 is 0 Å². The van der Waals surface area contributed by atoms with Crippen LogP contribution in [0.5, 0.6) is 5.75 Å². The molecule has 0 bridgehead atoms. The van der Waals surface area contributed by atoms with Crippen molar-refractivity contribution in [2.24, 2.45) is 0 Å². The molecule has 0 radical (unpaired) electrons. The molecule has 0 saturated carbocycles. The Kier molecular flexibility index (Phi) is 4.89. The Morgan fingerprint density at radius 2 is 1.96 bits per heavy atom. The predicted octanol–water partition coefficient (Wildman–Crippen LogP) is 5.20. The highest BCUT2D eigenvalue weighted by molar-refractivity contribution is 6.30. The van der Waals surface area contributed by atoms with Crippen LogP contribution in [-0.2, 0) is 6.42 Å². The zero-order valence-corrected chi connectivity index (χ0v) is 14.2. The highest BCUT2D eigenvalue weighted by Crippen LogP contribution is 2.28. The number of hydrogen-bond acceptors (Lipinski definition) is 3. The van der Waals surface area contributed by atoms with Crippen molar-refractivity contribution in [3.8, 4) is 5.75 Å². The zero-order chi connectivity index (χ0) is 16.2. The second-order valence-electron chi connectivity index (χ2n) is 5.19. The Morgan fingerprint density at radius 3 is 2.74 bits per heavy atom. The second kappa shape index (κ2) is 7.07. The Hall–Kier alpha value is -1.97. The third-order valence-corrected chi connectivity index (χ3v) is 4.03. The first-order valence-electron chi connectivity index (χ1n) is 7.28. The Balaban J connectivity index is 1.79. The van der Waals surface area contributed by atoms with E-state index in [4.69, 9.17) is 27.9 Å². The van der Waals surface area contributed by atoms with E-state index >= 15 is 0 Å². The maximum absolute atomic E-state index is 6.13. The number of fused-ring (bicyclic) bond motifs is 1. The average Bonchev–Trinajstić information content (AvgIpc) is 2.54. The van der Waals surface area contributed by atoms with E-state index in [1.54, 1.807) is 7.11 Å². The van der Waals surface area contributed by atoms with Crippen molar-refractivity contribution >= 4 is 39.8 Å². The van der Waals surface area contributed by atoms with Crippen molar-refractivity contribution in [1.29, 1.82) is 0 Å². The van der Waals surface area contributed by atoms with Gasteiger partial charge in [-0.15, -0.1) is 0 Å². The summed E-state index contributed by atoms with van der Waals surface area (Å²) in [6.07, 6.45) is 0.854. The lowest BCUT2D eigenvalue weighted by molar-refractivity contribution is 0.415. The van der Waals surface area contributed by atoms with Crippen LogP contribution in [0, 0.1) is 0 Å². The molecule has 0 aliphatic carbocycles. The van der Waals surface area contributed by atoms with Crippen LogP contribution in [-0.4, -0.2) is 18.6 Å². The number of anilines is 1. The summed E-state index contributed by atoms with van der Waals surface area (Å²) in [7, 11) is 1.65. The summed E-state index contributed by atoms with van der Waals surface area (Å²) in [6, 6.07) is 15.5. The number of aromatic nitrogens is 1. The van der Waals surface area contributed by atoms with Gasteiger partial charge in [0.25, 0.3) is 0 Å². The molecule has 3 rings (SSSR count). The molecule has 2 aromatic carbocycles. The quantitative estimate of drug-likeness (QED) is 0.644. The largest absolute Gasteiger partial charge is 0.497 e. The van der Waals surface area contributed by atoms with E-state index in [1.165, 1.54) is 5.56 Å². The molecule has 0 fully saturated rings. The summed E-state index contributed by atoms with van der Waals surface area (Å²) in [6.45, 7) is 0.745. The van der Waals surface area contributed by atoms with Gasteiger partial charge in [0.05, 0.1) is 7.11 Å². The zero-order valence-electron chi connectivity index (χ0n) is 12.6. The molecule has 23 heavy (non-hydrogen) atoms. The fraction of sp³-hybridized carbons (Fsp3) is 0.167. The van der Waals surface area contributed by atoms with Crippen molar-refractivity contribution in [2.75, 3.05) is 19.0 Å². The van der Waals surface area contributed by atoms with Gasteiger partial charge in [0, 0.05) is 17.0 Å². The third kappa shape index (κ3) is 3.87. The highest BCUT2D eigenvalue weighted by Gasteiger charge is 2.06. The molecule has 0 atom stereocenters. The topological polar surface area (TPSA) is 34.1 Å². The van der Waals surface area contributed by atoms with Gasteiger partial charge in [-0.3, -0.25) is 0 Å². The molecule has 1 heterocycles. The summed E-state index contributed by atoms with van der Waals surface area (Å²) in [5, 5.41) is 6.57. The van der Waals surface area contributed by atoms with E-state index in [0.717, 1.165) is 40.3 Å². The number of halogens is 2. The lowest BCUT2D eigenvalue weighted by Gasteiger charge is -2.11. The van der Waals surface area contributed by atoms with Crippen molar-refractivity contribution in [1.82, 2.24) is 4.98 Å². The number of pyridine rings is 1. The van der Waals surface area contributed by atoms with Crippen LogP contribution in [0.1, 0.15) is 5.56 Å². The molecule has 1 N–H and O–H groups in total. The van der Waals surface area contributed by atoms with Crippen LogP contribution in [0.4, 0.5) is 5.82 Å². The minimum atomic E-state index is 0.455. The van der Waals surface area contributed by atoms with Gasteiger partial charge in [-0.2, -0.15) is 0 Å². The summed E-state index contributed by atoms with van der Waals surface area (Å²) in [4.78, 5) is 4.39. The minimum absolute atomic E-state index is 0.455. The van der Waals surface area contributed by atoms with Crippen LogP contribution in [0.25, 0.3) is 10.8 Å². The number of methoxy groups -OCH3 is 1. The monoisotopic (exact) mass is 346 g/mol. The van der Waals surface area contributed by atoms with Crippen molar-refractivity contribution < 1.29 is 4.74 Å².